The first-order valence-electron chi connectivity index (χ1n) is 11.4. The van der Waals surface area contributed by atoms with Crippen LogP contribution in [-0.4, -0.2) is 22.2 Å². The first-order valence-corrected chi connectivity index (χ1v) is 11.8. The Balaban J connectivity index is 1.57. The normalized spacial score (nSPS) is 11.1. The quantitative estimate of drug-likeness (QED) is 0.260. The van der Waals surface area contributed by atoms with E-state index in [1.807, 2.05) is 48.5 Å². The van der Waals surface area contributed by atoms with Gasteiger partial charge in [0.15, 0.2) is 6.61 Å². The van der Waals surface area contributed by atoms with Crippen LogP contribution in [0.2, 0.25) is 5.02 Å². The molecule has 0 aliphatic rings. The molecule has 1 N–H and O–H groups in total. The van der Waals surface area contributed by atoms with Gasteiger partial charge in [0, 0.05) is 16.6 Å². The molecule has 4 aromatic carbocycles. The molecule has 5 rings (SSSR count). The molecule has 0 aliphatic carbocycles. The second-order valence-electron chi connectivity index (χ2n) is 8.45. The second-order valence-corrected chi connectivity index (χ2v) is 8.89. The number of nitrogens with zero attached hydrogens (tertiary/aromatic N) is 1. The fourth-order valence-corrected chi connectivity index (χ4v) is 4.67. The van der Waals surface area contributed by atoms with Crippen molar-refractivity contribution in [2.45, 2.75) is 12.5 Å². The van der Waals surface area contributed by atoms with Crippen molar-refractivity contribution < 1.29 is 14.6 Å². The molecule has 0 aliphatic heterocycles. The number of hydrogen-bond acceptors (Lipinski definition) is 2. The zero-order valence-electron chi connectivity index (χ0n) is 19.0. The summed E-state index contributed by atoms with van der Waals surface area (Å²) < 4.78 is 7.58. The van der Waals surface area contributed by atoms with Crippen LogP contribution >= 0.6 is 11.6 Å². The van der Waals surface area contributed by atoms with Crippen LogP contribution in [0.5, 0.6) is 5.75 Å². The third-order valence-corrected chi connectivity index (χ3v) is 6.30. The Kier molecular flexibility index (Phi) is 6.55. The molecule has 5 heteroatoms. The van der Waals surface area contributed by atoms with Crippen LogP contribution in [0.25, 0.3) is 10.9 Å². The number of carboxylic acid groups (broad SMARTS) is 1. The van der Waals surface area contributed by atoms with Gasteiger partial charge in [0.05, 0.1) is 11.6 Å². The van der Waals surface area contributed by atoms with Crippen LogP contribution in [0.1, 0.15) is 28.3 Å². The van der Waals surface area contributed by atoms with Gasteiger partial charge < -0.3 is 14.4 Å². The average Bonchev–Trinajstić information content (AvgIpc) is 3.22. The maximum atomic E-state index is 10.8. The van der Waals surface area contributed by atoms with E-state index in [1.165, 1.54) is 16.7 Å². The number of ether oxygens (including phenoxy) is 1. The molecular formula is C30H24ClNO3. The molecule has 0 fully saturated rings. The maximum Gasteiger partial charge on any atom is 0.341 e. The standard InChI is InChI=1S/C30H24ClNO3/c31-25-13-16-27-24(17-21-11-14-26(15-12-21)35-20-29(33)34)19-32(28(27)18-25)30(22-7-3-1-4-8-22)23-9-5-2-6-10-23/h1-16,18-19,30H,17,20H2,(H,33,34). The van der Waals surface area contributed by atoms with Gasteiger partial charge in [-0.3, -0.25) is 0 Å². The minimum Gasteiger partial charge on any atom is -0.482 e. The summed E-state index contributed by atoms with van der Waals surface area (Å²) in [5, 5.41) is 10.7. The van der Waals surface area contributed by atoms with E-state index in [-0.39, 0.29) is 12.6 Å². The fraction of sp³-hybridized carbons (Fsp3) is 0.100. The number of carbonyl (C=O) groups is 1. The first-order chi connectivity index (χ1) is 17.1. The van der Waals surface area contributed by atoms with Gasteiger partial charge in [-0.25, -0.2) is 4.79 Å². The van der Waals surface area contributed by atoms with Crippen LogP contribution < -0.4 is 4.74 Å². The smallest absolute Gasteiger partial charge is 0.341 e. The van der Waals surface area contributed by atoms with Gasteiger partial charge in [0.1, 0.15) is 5.75 Å². The number of halogens is 1. The Morgan fingerprint density at radius 1 is 0.857 bits per heavy atom. The van der Waals surface area contributed by atoms with Gasteiger partial charge in [-0.2, -0.15) is 0 Å². The van der Waals surface area contributed by atoms with Gasteiger partial charge in [-0.15, -0.1) is 0 Å². The minimum absolute atomic E-state index is 0.00101. The number of hydrogen-bond donors (Lipinski definition) is 1. The van der Waals surface area contributed by atoms with E-state index in [1.54, 1.807) is 0 Å². The number of carboxylic acids is 1. The van der Waals surface area contributed by atoms with E-state index in [2.05, 4.69) is 65.4 Å². The number of benzene rings is 4. The minimum atomic E-state index is -0.994. The van der Waals surface area contributed by atoms with Crippen LogP contribution in [0.15, 0.2) is 109 Å². The summed E-state index contributed by atoms with van der Waals surface area (Å²) in [6.07, 6.45) is 2.95. The van der Waals surface area contributed by atoms with E-state index in [0.717, 1.165) is 22.9 Å². The van der Waals surface area contributed by atoms with Crippen molar-refractivity contribution in [3.63, 3.8) is 0 Å². The predicted octanol–water partition coefficient (Wildman–Crippen LogP) is 6.99. The summed E-state index contributed by atoms with van der Waals surface area (Å²) >= 11 is 6.46. The van der Waals surface area contributed by atoms with Crippen molar-refractivity contribution in [1.29, 1.82) is 0 Å². The fourth-order valence-electron chi connectivity index (χ4n) is 4.50. The summed E-state index contributed by atoms with van der Waals surface area (Å²) in [5.41, 5.74) is 5.76. The van der Waals surface area contributed by atoms with Crippen molar-refractivity contribution in [2.24, 2.45) is 0 Å². The number of aliphatic carboxylic acids is 1. The largest absolute Gasteiger partial charge is 0.482 e. The molecule has 0 radical (unpaired) electrons. The number of fused-ring (bicyclic) bond motifs is 1. The maximum absolute atomic E-state index is 10.8. The van der Waals surface area contributed by atoms with Gasteiger partial charge >= 0.3 is 5.97 Å². The van der Waals surface area contributed by atoms with Crippen molar-refractivity contribution in [3.8, 4) is 5.75 Å². The summed E-state index contributed by atoms with van der Waals surface area (Å²) in [5.74, 6) is -0.453. The van der Waals surface area contributed by atoms with Crippen molar-refractivity contribution in [2.75, 3.05) is 6.61 Å². The molecule has 0 saturated heterocycles. The van der Waals surface area contributed by atoms with Gasteiger partial charge in [0.2, 0.25) is 0 Å². The molecular weight excluding hydrogens is 458 g/mol. The molecule has 0 atom stereocenters. The molecule has 0 amide bonds. The van der Waals surface area contributed by atoms with Crippen LogP contribution in [0.3, 0.4) is 0 Å². The lowest BCUT2D eigenvalue weighted by molar-refractivity contribution is -0.139. The Bertz CT molecular complexity index is 1400. The van der Waals surface area contributed by atoms with Crippen LogP contribution in [-0.2, 0) is 11.2 Å². The highest BCUT2D eigenvalue weighted by Gasteiger charge is 2.20. The van der Waals surface area contributed by atoms with E-state index in [4.69, 9.17) is 21.4 Å². The lowest BCUT2D eigenvalue weighted by Crippen LogP contribution is -2.11. The Hall–Kier alpha value is -4.02. The summed E-state index contributed by atoms with van der Waals surface area (Å²) in [6.45, 7) is -0.353. The monoisotopic (exact) mass is 481 g/mol. The molecule has 0 bridgehead atoms. The molecule has 4 nitrogen and oxygen atoms in total. The van der Waals surface area contributed by atoms with E-state index in [0.29, 0.717) is 10.8 Å². The zero-order chi connectivity index (χ0) is 24.2. The first kappa shape index (κ1) is 22.8. The van der Waals surface area contributed by atoms with Crippen molar-refractivity contribution in [1.82, 2.24) is 4.57 Å². The lowest BCUT2D eigenvalue weighted by Gasteiger charge is -2.21. The molecule has 0 saturated carbocycles. The number of aromatic nitrogens is 1. The van der Waals surface area contributed by atoms with Crippen molar-refractivity contribution in [3.05, 3.63) is 137 Å². The number of rotatable bonds is 8. The Morgan fingerprint density at radius 2 is 1.49 bits per heavy atom. The van der Waals surface area contributed by atoms with Gasteiger partial charge in [-0.1, -0.05) is 90.5 Å². The highest BCUT2D eigenvalue weighted by atomic mass is 35.5. The van der Waals surface area contributed by atoms with Gasteiger partial charge in [-0.05, 0) is 52.9 Å². The molecule has 0 unspecified atom stereocenters. The molecule has 1 heterocycles. The van der Waals surface area contributed by atoms with Gasteiger partial charge in [0.25, 0.3) is 0 Å². The summed E-state index contributed by atoms with van der Waals surface area (Å²) in [6, 6.07) is 34.6. The molecule has 5 aromatic rings. The average molecular weight is 482 g/mol. The third-order valence-electron chi connectivity index (χ3n) is 6.07. The molecule has 174 valence electrons. The lowest BCUT2D eigenvalue weighted by atomic mass is 9.98. The topological polar surface area (TPSA) is 51.5 Å². The third kappa shape index (κ3) is 5.08. The van der Waals surface area contributed by atoms with E-state index >= 15 is 0 Å². The summed E-state index contributed by atoms with van der Waals surface area (Å²) in [4.78, 5) is 10.8. The summed E-state index contributed by atoms with van der Waals surface area (Å²) in [7, 11) is 0. The van der Waals surface area contributed by atoms with Crippen LogP contribution in [0, 0.1) is 0 Å². The Morgan fingerprint density at radius 3 is 2.09 bits per heavy atom. The highest BCUT2D eigenvalue weighted by Crippen LogP contribution is 2.35. The SMILES string of the molecule is O=C(O)COc1ccc(Cc2cn(C(c3ccccc3)c3ccccc3)c3cc(Cl)ccc23)cc1. The second kappa shape index (κ2) is 10.1. The van der Waals surface area contributed by atoms with E-state index in [9.17, 15) is 4.79 Å². The predicted molar refractivity (Wildman–Crippen MR) is 139 cm³/mol. The van der Waals surface area contributed by atoms with E-state index < -0.39 is 5.97 Å². The van der Waals surface area contributed by atoms with Crippen molar-refractivity contribution >= 4 is 28.5 Å². The molecule has 35 heavy (non-hydrogen) atoms. The Labute approximate surface area is 209 Å². The highest BCUT2D eigenvalue weighted by molar-refractivity contribution is 6.31. The zero-order valence-corrected chi connectivity index (χ0v) is 19.7. The van der Waals surface area contributed by atoms with Crippen LogP contribution in [0.4, 0.5) is 0 Å². The molecule has 0 spiro atoms. The molecule has 1 aromatic heterocycles.